The third-order valence-corrected chi connectivity index (χ3v) is 9.67. The molecule has 4 aromatic rings. The van der Waals surface area contributed by atoms with Crippen LogP contribution in [0.3, 0.4) is 0 Å². The highest BCUT2D eigenvalue weighted by Crippen LogP contribution is 2.29. The molecular weight excluding hydrogens is 520 g/mol. The van der Waals surface area contributed by atoms with Gasteiger partial charge in [-0.2, -0.15) is 4.31 Å². The van der Waals surface area contributed by atoms with Gasteiger partial charge in [-0.1, -0.05) is 32.0 Å². The van der Waals surface area contributed by atoms with Crippen LogP contribution in [0.25, 0.3) is 22.4 Å². The minimum absolute atomic E-state index is 0.277. The molecule has 0 spiro atoms. The molecular formula is C28H34N4O4S2. The van der Waals surface area contributed by atoms with Gasteiger partial charge in [0, 0.05) is 30.4 Å². The number of para-hydroxylation sites is 1. The molecule has 2 aromatic carbocycles. The summed E-state index contributed by atoms with van der Waals surface area (Å²) in [5.74, 6) is 0.818. The first kappa shape index (κ1) is 26.8. The Kier molecular flexibility index (Phi) is 8.45. The maximum Gasteiger partial charge on any atom is 0.243 e. The standard InChI is InChI=1S/C28H34N4O4S2/c1-3-30(4-2)14-7-15-32-25(27-20-22-8-5-6-9-26(22)36-27)21-37-28(32)29-23-10-12-24(13-11-23)38(33,34)31-16-18-35-19-17-31/h5-6,8-13,20-21H,3-4,7,14-19H2,1-2H3. The number of thiazole rings is 1. The van der Waals surface area contributed by atoms with Crippen LogP contribution in [0.5, 0.6) is 0 Å². The van der Waals surface area contributed by atoms with Crippen LogP contribution in [0.1, 0.15) is 20.3 Å². The largest absolute Gasteiger partial charge is 0.454 e. The van der Waals surface area contributed by atoms with Gasteiger partial charge in [-0.25, -0.2) is 13.4 Å². The van der Waals surface area contributed by atoms with E-state index in [-0.39, 0.29) is 4.90 Å². The smallest absolute Gasteiger partial charge is 0.243 e. The second-order valence-electron chi connectivity index (χ2n) is 9.21. The molecule has 5 rings (SSSR count). The van der Waals surface area contributed by atoms with E-state index in [2.05, 4.69) is 40.8 Å². The van der Waals surface area contributed by atoms with Crippen molar-refractivity contribution in [3.8, 4) is 11.5 Å². The molecule has 0 radical (unpaired) electrons. The SMILES string of the molecule is CCN(CC)CCCn1c(-c2cc3ccccc3o2)csc1=Nc1ccc(S(=O)(=O)N2CCOCC2)cc1. The van der Waals surface area contributed by atoms with E-state index in [9.17, 15) is 8.42 Å². The van der Waals surface area contributed by atoms with Crippen LogP contribution in [0.4, 0.5) is 5.69 Å². The average molecular weight is 555 g/mol. The number of benzene rings is 2. The van der Waals surface area contributed by atoms with Gasteiger partial charge in [0.05, 0.1) is 29.5 Å². The molecule has 2 aromatic heterocycles. The number of ether oxygens (including phenoxy) is 1. The van der Waals surface area contributed by atoms with Gasteiger partial charge in [0.2, 0.25) is 10.0 Å². The number of sulfonamides is 1. The summed E-state index contributed by atoms with van der Waals surface area (Å²) < 4.78 is 41.2. The molecule has 0 aliphatic carbocycles. The molecule has 0 saturated carbocycles. The Morgan fingerprint density at radius 3 is 2.47 bits per heavy atom. The summed E-state index contributed by atoms with van der Waals surface area (Å²) >= 11 is 1.56. The van der Waals surface area contributed by atoms with Crippen LogP contribution in [0, 0.1) is 0 Å². The van der Waals surface area contributed by atoms with Crippen molar-refractivity contribution >= 4 is 38.0 Å². The number of fused-ring (bicyclic) bond motifs is 1. The molecule has 202 valence electrons. The van der Waals surface area contributed by atoms with Crippen molar-refractivity contribution in [1.82, 2.24) is 13.8 Å². The van der Waals surface area contributed by atoms with Crippen molar-refractivity contribution < 1.29 is 17.6 Å². The van der Waals surface area contributed by atoms with Crippen LogP contribution < -0.4 is 4.80 Å². The average Bonchev–Trinajstić information content (AvgIpc) is 3.56. The van der Waals surface area contributed by atoms with Crippen LogP contribution in [-0.4, -0.2) is 68.1 Å². The number of furan rings is 1. The highest BCUT2D eigenvalue weighted by atomic mass is 32.2. The molecule has 1 fully saturated rings. The Hall–Kier alpha value is -2.76. The first-order valence-electron chi connectivity index (χ1n) is 13.1. The molecule has 8 nitrogen and oxygen atoms in total. The summed E-state index contributed by atoms with van der Waals surface area (Å²) in [5, 5.41) is 3.16. The Morgan fingerprint density at radius 1 is 1.03 bits per heavy atom. The third-order valence-electron chi connectivity index (χ3n) is 6.90. The summed E-state index contributed by atoms with van der Waals surface area (Å²) in [7, 11) is -3.54. The van der Waals surface area contributed by atoms with E-state index in [1.165, 1.54) is 4.31 Å². The Bertz CT molecular complexity index is 1490. The lowest BCUT2D eigenvalue weighted by atomic mass is 10.2. The molecule has 0 amide bonds. The summed E-state index contributed by atoms with van der Waals surface area (Å²) in [6, 6.07) is 16.9. The Morgan fingerprint density at radius 2 is 1.76 bits per heavy atom. The lowest BCUT2D eigenvalue weighted by Crippen LogP contribution is -2.40. The number of hydrogen-bond acceptors (Lipinski definition) is 7. The molecule has 3 heterocycles. The van der Waals surface area contributed by atoms with Gasteiger partial charge in [0.25, 0.3) is 0 Å². The first-order valence-corrected chi connectivity index (χ1v) is 15.4. The fraction of sp³-hybridized carbons (Fsp3) is 0.393. The predicted molar refractivity (Wildman–Crippen MR) is 151 cm³/mol. The van der Waals surface area contributed by atoms with Crippen LogP contribution in [0.15, 0.2) is 74.3 Å². The van der Waals surface area contributed by atoms with E-state index in [4.69, 9.17) is 14.1 Å². The molecule has 38 heavy (non-hydrogen) atoms. The van der Waals surface area contributed by atoms with Crippen LogP contribution in [-0.2, 0) is 21.3 Å². The molecule has 0 N–H and O–H groups in total. The molecule has 0 bridgehead atoms. The van der Waals surface area contributed by atoms with Gasteiger partial charge in [-0.05, 0) is 62.5 Å². The number of aromatic nitrogens is 1. The van der Waals surface area contributed by atoms with Gasteiger partial charge in [0.15, 0.2) is 10.6 Å². The van der Waals surface area contributed by atoms with Gasteiger partial charge >= 0.3 is 0 Å². The lowest BCUT2D eigenvalue weighted by Gasteiger charge is -2.26. The molecule has 1 saturated heterocycles. The minimum Gasteiger partial charge on any atom is -0.454 e. The number of hydrogen-bond donors (Lipinski definition) is 0. The van der Waals surface area contributed by atoms with E-state index in [0.29, 0.717) is 32.0 Å². The Labute approximate surface area is 227 Å². The van der Waals surface area contributed by atoms with E-state index >= 15 is 0 Å². The second-order valence-corrected chi connectivity index (χ2v) is 12.0. The monoisotopic (exact) mass is 554 g/mol. The van der Waals surface area contributed by atoms with Crippen LogP contribution >= 0.6 is 11.3 Å². The zero-order valence-corrected chi connectivity index (χ0v) is 23.5. The predicted octanol–water partition coefficient (Wildman–Crippen LogP) is 4.95. The normalized spacial score (nSPS) is 15.6. The van der Waals surface area contributed by atoms with Gasteiger partial charge < -0.3 is 18.6 Å². The molecule has 10 heteroatoms. The van der Waals surface area contributed by atoms with Gasteiger partial charge in [-0.15, -0.1) is 11.3 Å². The van der Waals surface area contributed by atoms with Crippen molar-refractivity contribution in [2.75, 3.05) is 45.9 Å². The van der Waals surface area contributed by atoms with E-state index in [1.54, 1.807) is 35.6 Å². The summed E-state index contributed by atoms with van der Waals surface area (Å²) in [5.41, 5.74) is 2.57. The topological polar surface area (TPSA) is 80.3 Å². The zero-order valence-electron chi connectivity index (χ0n) is 21.9. The molecule has 1 aliphatic heterocycles. The highest BCUT2D eigenvalue weighted by molar-refractivity contribution is 7.89. The summed E-state index contributed by atoms with van der Waals surface area (Å²) in [6.45, 7) is 9.83. The number of nitrogens with zero attached hydrogens (tertiary/aromatic N) is 4. The van der Waals surface area contributed by atoms with E-state index in [0.717, 1.165) is 59.8 Å². The van der Waals surface area contributed by atoms with E-state index in [1.807, 2.05) is 18.2 Å². The number of morpholine rings is 1. The summed E-state index contributed by atoms with van der Waals surface area (Å²) in [6.07, 6.45) is 0.982. The number of rotatable bonds is 10. The molecule has 0 unspecified atom stereocenters. The van der Waals surface area contributed by atoms with E-state index < -0.39 is 10.0 Å². The van der Waals surface area contributed by atoms with Gasteiger partial charge in [-0.3, -0.25) is 0 Å². The van der Waals surface area contributed by atoms with Crippen molar-refractivity contribution in [2.45, 2.75) is 31.7 Å². The minimum atomic E-state index is -3.54. The van der Waals surface area contributed by atoms with Crippen LogP contribution in [0.2, 0.25) is 0 Å². The third kappa shape index (κ3) is 5.79. The zero-order chi connectivity index (χ0) is 26.5. The van der Waals surface area contributed by atoms with Crippen molar-refractivity contribution in [2.24, 2.45) is 4.99 Å². The quantitative estimate of drug-likeness (QED) is 0.277. The fourth-order valence-corrected chi connectivity index (χ4v) is 7.02. The maximum absolute atomic E-state index is 13.0. The van der Waals surface area contributed by atoms with Crippen molar-refractivity contribution in [1.29, 1.82) is 0 Å². The molecule has 0 atom stereocenters. The lowest BCUT2D eigenvalue weighted by molar-refractivity contribution is 0.0730. The second kappa shape index (κ2) is 12.0. The van der Waals surface area contributed by atoms with Crippen molar-refractivity contribution in [3.05, 3.63) is 64.8 Å². The highest BCUT2D eigenvalue weighted by Gasteiger charge is 2.26. The Balaban J connectivity index is 1.46. The van der Waals surface area contributed by atoms with Crippen molar-refractivity contribution in [3.63, 3.8) is 0 Å². The summed E-state index contributed by atoms with van der Waals surface area (Å²) in [4.78, 5) is 8.46. The maximum atomic E-state index is 13.0. The fourth-order valence-electron chi connectivity index (χ4n) is 4.67. The van der Waals surface area contributed by atoms with Gasteiger partial charge in [0.1, 0.15) is 5.58 Å². The molecule has 1 aliphatic rings. The first-order chi connectivity index (χ1) is 18.5.